The zero-order valence-electron chi connectivity index (χ0n) is 12.4. The largest absolute Gasteiger partial charge is 0.395 e. The molecule has 112 valence electrons. The minimum Gasteiger partial charge on any atom is -0.395 e. The average molecular weight is 280 g/mol. The van der Waals surface area contributed by atoms with Crippen LogP contribution in [0.2, 0.25) is 0 Å². The maximum absolute atomic E-state index is 13.9. The zero-order chi connectivity index (χ0) is 15.0. The van der Waals surface area contributed by atoms with E-state index in [2.05, 4.69) is 25.7 Å². The first-order valence-electron chi connectivity index (χ1n) is 7.01. The first-order chi connectivity index (χ1) is 9.56. The predicted octanol–water partition coefficient (Wildman–Crippen LogP) is 2.30. The maximum Gasteiger partial charge on any atom is 0.127 e. The van der Waals surface area contributed by atoms with Crippen LogP contribution in [0.25, 0.3) is 0 Å². The number of aliphatic hydroxyl groups excluding tert-OH is 1. The summed E-state index contributed by atoms with van der Waals surface area (Å²) < 4.78 is 13.9. The smallest absolute Gasteiger partial charge is 0.127 e. The monoisotopic (exact) mass is 280 g/mol. The second-order valence-corrected chi connectivity index (χ2v) is 5.21. The van der Waals surface area contributed by atoms with Gasteiger partial charge in [0, 0.05) is 37.8 Å². The van der Waals surface area contributed by atoms with E-state index in [-0.39, 0.29) is 12.4 Å². The van der Waals surface area contributed by atoms with Crippen LogP contribution in [0.3, 0.4) is 0 Å². The van der Waals surface area contributed by atoms with Crippen molar-refractivity contribution in [3.05, 3.63) is 47.8 Å². The molecule has 0 spiro atoms. The molecule has 3 nitrogen and oxygen atoms in total. The molecule has 1 aromatic rings. The van der Waals surface area contributed by atoms with Gasteiger partial charge in [-0.25, -0.2) is 4.39 Å². The summed E-state index contributed by atoms with van der Waals surface area (Å²) in [6.07, 6.45) is 1.76. The number of benzene rings is 1. The molecule has 1 rings (SSSR count). The first-order valence-corrected chi connectivity index (χ1v) is 7.01. The van der Waals surface area contributed by atoms with Gasteiger partial charge in [0.15, 0.2) is 0 Å². The van der Waals surface area contributed by atoms with Crippen molar-refractivity contribution in [2.45, 2.75) is 33.0 Å². The van der Waals surface area contributed by atoms with Gasteiger partial charge in [-0.3, -0.25) is 4.90 Å². The molecule has 0 amide bonds. The van der Waals surface area contributed by atoms with Crippen LogP contribution in [0.15, 0.2) is 30.9 Å². The van der Waals surface area contributed by atoms with Crippen molar-refractivity contribution in [2.75, 3.05) is 19.7 Å². The number of nitrogens with one attached hydrogen (secondary N) is 1. The average Bonchev–Trinajstić information content (AvgIpc) is 2.40. The van der Waals surface area contributed by atoms with Crippen LogP contribution < -0.4 is 5.32 Å². The molecule has 0 aliphatic heterocycles. The lowest BCUT2D eigenvalue weighted by atomic mass is 10.1. The van der Waals surface area contributed by atoms with E-state index < -0.39 is 0 Å². The van der Waals surface area contributed by atoms with Crippen molar-refractivity contribution in [1.29, 1.82) is 0 Å². The lowest BCUT2D eigenvalue weighted by Crippen LogP contribution is -2.27. The fourth-order valence-corrected chi connectivity index (χ4v) is 1.98. The lowest BCUT2D eigenvalue weighted by Gasteiger charge is -2.20. The van der Waals surface area contributed by atoms with Crippen LogP contribution in [0.4, 0.5) is 4.39 Å². The van der Waals surface area contributed by atoms with E-state index in [9.17, 15) is 4.39 Å². The molecule has 4 heteroatoms. The Morgan fingerprint density at radius 1 is 1.45 bits per heavy atom. The van der Waals surface area contributed by atoms with Crippen molar-refractivity contribution in [3.63, 3.8) is 0 Å². The molecule has 0 fully saturated rings. The van der Waals surface area contributed by atoms with Gasteiger partial charge in [-0.2, -0.15) is 0 Å². The molecule has 0 saturated carbocycles. The molecule has 0 saturated heterocycles. The highest BCUT2D eigenvalue weighted by atomic mass is 19.1. The highest BCUT2D eigenvalue weighted by Gasteiger charge is 2.09. The van der Waals surface area contributed by atoms with Crippen LogP contribution >= 0.6 is 0 Å². The summed E-state index contributed by atoms with van der Waals surface area (Å²) in [6, 6.07) is 5.60. The minimum atomic E-state index is -0.203. The van der Waals surface area contributed by atoms with Gasteiger partial charge < -0.3 is 10.4 Å². The standard InChI is InChI=1S/C16H25FN2O/c1-4-7-19(8-9-20)12-15-10-14(5-6-16(15)17)11-18-13(2)3/h4-6,10,13,18,20H,1,7-9,11-12H2,2-3H3. The number of hydrogen-bond donors (Lipinski definition) is 2. The summed E-state index contributed by atoms with van der Waals surface area (Å²) in [4.78, 5) is 1.96. The summed E-state index contributed by atoms with van der Waals surface area (Å²) >= 11 is 0. The summed E-state index contributed by atoms with van der Waals surface area (Å²) in [5.41, 5.74) is 1.72. The third-order valence-electron chi connectivity index (χ3n) is 3.02. The van der Waals surface area contributed by atoms with Crippen LogP contribution in [-0.4, -0.2) is 35.7 Å². The lowest BCUT2D eigenvalue weighted by molar-refractivity contribution is 0.202. The third-order valence-corrected chi connectivity index (χ3v) is 3.02. The molecule has 1 aromatic carbocycles. The van der Waals surface area contributed by atoms with E-state index in [0.717, 1.165) is 12.1 Å². The van der Waals surface area contributed by atoms with Gasteiger partial charge in [0.05, 0.1) is 6.61 Å². The van der Waals surface area contributed by atoms with Gasteiger partial charge in [0.25, 0.3) is 0 Å². The SMILES string of the molecule is C=CCN(CCO)Cc1cc(CNC(C)C)ccc1F. The summed E-state index contributed by atoms with van der Waals surface area (Å²) in [7, 11) is 0. The molecular weight excluding hydrogens is 255 g/mol. The molecule has 0 radical (unpaired) electrons. The van der Waals surface area contributed by atoms with Gasteiger partial charge >= 0.3 is 0 Å². The highest BCUT2D eigenvalue weighted by Crippen LogP contribution is 2.13. The quantitative estimate of drug-likeness (QED) is 0.681. The van der Waals surface area contributed by atoms with Crippen molar-refractivity contribution in [3.8, 4) is 0 Å². The Bertz CT molecular complexity index is 421. The Balaban J connectivity index is 2.76. The van der Waals surface area contributed by atoms with E-state index in [0.29, 0.717) is 31.2 Å². The fourth-order valence-electron chi connectivity index (χ4n) is 1.98. The Hall–Kier alpha value is -1.23. The van der Waals surface area contributed by atoms with Crippen LogP contribution in [0.1, 0.15) is 25.0 Å². The second-order valence-electron chi connectivity index (χ2n) is 5.21. The molecular formula is C16H25FN2O. The molecule has 2 N–H and O–H groups in total. The third kappa shape index (κ3) is 5.82. The summed E-state index contributed by atoms with van der Waals surface area (Å²) in [5, 5.41) is 12.4. The number of hydrogen-bond acceptors (Lipinski definition) is 3. The number of halogens is 1. The van der Waals surface area contributed by atoms with Crippen LogP contribution in [0, 0.1) is 5.82 Å². The topological polar surface area (TPSA) is 35.5 Å². The molecule has 0 bridgehead atoms. The number of nitrogens with zero attached hydrogens (tertiary/aromatic N) is 1. The Morgan fingerprint density at radius 2 is 2.20 bits per heavy atom. The van der Waals surface area contributed by atoms with E-state index in [1.807, 2.05) is 11.0 Å². The molecule has 0 aliphatic carbocycles. The molecule has 0 atom stereocenters. The number of rotatable bonds is 9. The van der Waals surface area contributed by atoms with Crippen LogP contribution in [-0.2, 0) is 13.1 Å². The van der Waals surface area contributed by atoms with Crippen molar-refractivity contribution in [2.24, 2.45) is 0 Å². The fraction of sp³-hybridized carbons (Fsp3) is 0.500. The molecule has 0 unspecified atom stereocenters. The van der Waals surface area contributed by atoms with Crippen LogP contribution in [0.5, 0.6) is 0 Å². The molecule has 0 aliphatic rings. The van der Waals surface area contributed by atoms with E-state index in [1.165, 1.54) is 6.07 Å². The van der Waals surface area contributed by atoms with Gasteiger partial charge in [-0.05, 0) is 11.6 Å². The highest BCUT2D eigenvalue weighted by molar-refractivity contribution is 5.25. The normalized spacial score (nSPS) is 11.3. The Labute approximate surface area is 121 Å². The Kier molecular flexibility index (Phi) is 7.44. The summed E-state index contributed by atoms with van der Waals surface area (Å²) in [5.74, 6) is -0.203. The van der Waals surface area contributed by atoms with Gasteiger partial charge in [-0.15, -0.1) is 6.58 Å². The molecule has 20 heavy (non-hydrogen) atoms. The minimum absolute atomic E-state index is 0.0596. The number of aliphatic hydroxyl groups is 1. The summed E-state index contributed by atoms with van der Waals surface area (Å²) in [6.45, 7) is 10.3. The van der Waals surface area contributed by atoms with Gasteiger partial charge in [0.2, 0.25) is 0 Å². The maximum atomic E-state index is 13.9. The van der Waals surface area contributed by atoms with E-state index in [1.54, 1.807) is 12.1 Å². The second kappa shape index (κ2) is 8.84. The van der Waals surface area contributed by atoms with Gasteiger partial charge in [-0.1, -0.05) is 32.1 Å². The Morgan fingerprint density at radius 3 is 2.80 bits per heavy atom. The van der Waals surface area contributed by atoms with E-state index >= 15 is 0 Å². The van der Waals surface area contributed by atoms with Crippen molar-refractivity contribution in [1.82, 2.24) is 10.2 Å². The predicted molar refractivity (Wildman–Crippen MR) is 80.9 cm³/mol. The molecule has 0 heterocycles. The van der Waals surface area contributed by atoms with Crippen molar-refractivity contribution < 1.29 is 9.50 Å². The van der Waals surface area contributed by atoms with E-state index in [4.69, 9.17) is 5.11 Å². The van der Waals surface area contributed by atoms with Gasteiger partial charge in [0.1, 0.15) is 5.82 Å². The molecule has 0 aromatic heterocycles. The first kappa shape index (κ1) is 16.8. The van der Waals surface area contributed by atoms with Crippen molar-refractivity contribution >= 4 is 0 Å². The zero-order valence-corrected chi connectivity index (χ0v) is 12.4.